The number of hydrogen-bond acceptors (Lipinski definition) is 6. The number of hydrogen-bond donors (Lipinski definition) is 0. The molecule has 0 saturated carbocycles. The lowest BCUT2D eigenvalue weighted by atomic mass is 10.2. The maximum atomic E-state index is 12.8. The summed E-state index contributed by atoms with van der Waals surface area (Å²) < 4.78 is 16.6. The van der Waals surface area contributed by atoms with Gasteiger partial charge in [-0.25, -0.2) is 0 Å². The lowest BCUT2D eigenvalue weighted by Crippen LogP contribution is -2.30. The second kappa shape index (κ2) is 51.4. The Morgan fingerprint density at radius 2 is 0.662 bits per heavy atom. The van der Waals surface area contributed by atoms with Gasteiger partial charge in [-0.3, -0.25) is 14.4 Å². The van der Waals surface area contributed by atoms with E-state index in [9.17, 15) is 14.4 Å². The minimum absolute atomic E-state index is 0.161. The molecule has 0 radical (unpaired) electrons. The maximum Gasteiger partial charge on any atom is 0.306 e. The summed E-state index contributed by atoms with van der Waals surface area (Å²) in [6.07, 6.45) is 76.4. The van der Waals surface area contributed by atoms with Crippen molar-refractivity contribution in [3.63, 3.8) is 0 Å². The van der Waals surface area contributed by atoms with Gasteiger partial charge >= 0.3 is 17.9 Å². The molecule has 0 amide bonds. The molecule has 0 spiro atoms. The van der Waals surface area contributed by atoms with E-state index in [0.29, 0.717) is 19.3 Å². The van der Waals surface area contributed by atoms with E-state index in [1.54, 1.807) is 0 Å². The number of carbonyl (C=O) groups is 3. The van der Waals surface area contributed by atoms with Gasteiger partial charge < -0.3 is 14.2 Å². The van der Waals surface area contributed by atoms with Gasteiger partial charge in [0.25, 0.3) is 0 Å². The highest BCUT2D eigenvalue weighted by Crippen LogP contribution is 2.08. The van der Waals surface area contributed by atoms with Gasteiger partial charge in [-0.15, -0.1) is 0 Å². The second-order valence-corrected chi connectivity index (χ2v) is 15.4. The summed E-state index contributed by atoms with van der Waals surface area (Å²) in [5.74, 6) is -1.17. The molecule has 0 aromatic heterocycles. The van der Waals surface area contributed by atoms with Crippen molar-refractivity contribution < 1.29 is 28.6 Å². The third-order valence-electron chi connectivity index (χ3n) is 9.31. The van der Waals surface area contributed by atoms with Gasteiger partial charge in [0.1, 0.15) is 13.2 Å². The van der Waals surface area contributed by atoms with Gasteiger partial charge in [0.05, 0.1) is 0 Å². The standard InChI is InChI=1S/C59H86O6/c1-4-7-10-13-16-19-22-25-27-29-31-34-37-40-43-46-49-52-58(61)64-55-56(54-63-57(60)51-48-45-42-39-36-33-24-21-18-15-12-9-6-3)65-59(62)53-50-47-44-41-38-35-32-30-28-26-23-20-17-14-11-8-5-2/h7,9-10,12,15-21,24-28,31-36,39-44,56H,4-6,8,11,13-14,22-23,29-30,37-38,45-55H2,1-3H3/b10-7-,12-9-,18-15-,19-16-,20-17-,24-21-,27-25-,28-26-,34-31-,35-32-,36-33-,42-39-,43-40-,44-41-. The number of esters is 3. The van der Waals surface area contributed by atoms with Crippen LogP contribution in [0.3, 0.4) is 0 Å². The third-order valence-corrected chi connectivity index (χ3v) is 9.31. The van der Waals surface area contributed by atoms with Crippen LogP contribution in [0.25, 0.3) is 0 Å². The fraction of sp³-hybridized carbons (Fsp3) is 0.475. The molecular weight excluding hydrogens is 805 g/mol. The van der Waals surface area contributed by atoms with Gasteiger partial charge in [-0.2, -0.15) is 0 Å². The molecule has 0 aliphatic heterocycles. The molecule has 0 aliphatic carbocycles. The summed E-state index contributed by atoms with van der Waals surface area (Å²) in [6, 6.07) is 0. The molecule has 358 valence electrons. The van der Waals surface area contributed by atoms with Crippen LogP contribution < -0.4 is 0 Å². The van der Waals surface area contributed by atoms with E-state index < -0.39 is 12.1 Å². The van der Waals surface area contributed by atoms with Crippen LogP contribution in [0.15, 0.2) is 170 Å². The molecule has 65 heavy (non-hydrogen) atoms. The van der Waals surface area contributed by atoms with Gasteiger partial charge in [0, 0.05) is 19.3 Å². The molecule has 0 saturated heterocycles. The first-order valence-corrected chi connectivity index (χ1v) is 24.7. The SMILES string of the molecule is CC\C=C/C=C\C=C/C=C\C=C/CCCC(=O)OCC(COC(=O)CCC/C=C\C/C=C\C/C=C\C/C=C\C/C=C\CC)OC(=O)CCC/C=C\C/C=C\C/C=C\C/C=C\CCCCC. The van der Waals surface area contributed by atoms with Crippen molar-refractivity contribution in [3.05, 3.63) is 170 Å². The zero-order valence-electron chi connectivity index (χ0n) is 40.7. The molecular formula is C59H86O6. The van der Waals surface area contributed by atoms with Gasteiger partial charge in [-0.1, -0.05) is 204 Å². The Kier molecular flexibility index (Phi) is 47.3. The normalized spacial score (nSPS) is 13.6. The molecule has 1 atom stereocenters. The fourth-order valence-corrected chi connectivity index (χ4v) is 5.67. The van der Waals surface area contributed by atoms with Crippen molar-refractivity contribution in [1.29, 1.82) is 0 Å². The minimum Gasteiger partial charge on any atom is -0.462 e. The number of carbonyl (C=O) groups excluding carboxylic acids is 3. The molecule has 0 rings (SSSR count). The van der Waals surface area contributed by atoms with Gasteiger partial charge in [-0.05, 0) is 109 Å². The molecule has 0 bridgehead atoms. The lowest BCUT2D eigenvalue weighted by Gasteiger charge is -2.18. The highest BCUT2D eigenvalue weighted by molar-refractivity contribution is 5.71. The monoisotopic (exact) mass is 891 g/mol. The van der Waals surface area contributed by atoms with E-state index in [4.69, 9.17) is 14.2 Å². The van der Waals surface area contributed by atoms with Crippen LogP contribution >= 0.6 is 0 Å². The average molecular weight is 891 g/mol. The molecule has 0 fully saturated rings. The molecule has 0 aromatic rings. The van der Waals surface area contributed by atoms with E-state index >= 15 is 0 Å². The van der Waals surface area contributed by atoms with Gasteiger partial charge in [0.15, 0.2) is 6.10 Å². The highest BCUT2D eigenvalue weighted by Gasteiger charge is 2.19. The van der Waals surface area contributed by atoms with Crippen LogP contribution in [-0.4, -0.2) is 37.2 Å². The van der Waals surface area contributed by atoms with Crippen LogP contribution in [0.1, 0.15) is 162 Å². The Labute approximate surface area is 396 Å². The second-order valence-electron chi connectivity index (χ2n) is 15.4. The first-order chi connectivity index (χ1) is 32.0. The summed E-state index contributed by atoms with van der Waals surface area (Å²) in [4.78, 5) is 37.9. The average Bonchev–Trinajstić information content (AvgIpc) is 3.30. The number of unbranched alkanes of at least 4 members (excludes halogenated alkanes) is 6. The van der Waals surface area contributed by atoms with Crippen molar-refractivity contribution in [2.24, 2.45) is 0 Å². The number of ether oxygens (including phenoxy) is 3. The lowest BCUT2D eigenvalue weighted by molar-refractivity contribution is -0.166. The van der Waals surface area contributed by atoms with E-state index in [1.165, 1.54) is 25.7 Å². The zero-order chi connectivity index (χ0) is 47.2. The predicted octanol–water partition coefficient (Wildman–Crippen LogP) is 16.4. The quantitative estimate of drug-likeness (QED) is 0.0200. The summed E-state index contributed by atoms with van der Waals surface area (Å²) in [5, 5.41) is 0. The van der Waals surface area contributed by atoms with Crippen molar-refractivity contribution in [2.45, 2.75) is 168 Å². The fourth-order valence-electron chi connectivity index (χ4n) is 5.67. The smallest absolute Gasteiger partial charge is 0.306 e. The maximum absolute atomic E-state index is 12.8. The minimum atomic E-state index is -0.867. The molecule has 0 heterocycles. The van der Waals surface area contributed by atoms with Gasteiger partial charge in [0.2, 0.25) is 0 Å². The third kappa shape index (κ3) is 49.6. The largest absolute Gasteiger partial charge is 0.462 e. The predicted molar refractivity (Wildman–Crippen MR) is 278 cm³/mol. The topological polar surface area (TPSA) is 78.9 Å². The van der Waals surface area contributed by atoms with Crippen LogP contribution in [0.5, 0.6) is 0 Å². The molecule has 0 aliphatic rings. The summed E-state index contributed by atoms with van der Waals surface area (Å²) >= 11 is 0. The van der Waals surface area contributed by atoms with Crippen LogP contribution in [0, 0.1) is 0 Å². The van der Waals surface area contributed by atoms with Crippen LogP contribution in [0.4, 0.5) is 0 Å². The first kappa shape index (κ1) is 59.8. The van der Waals surface area contributed by atoms with E-state index in [0.717, 1.165) is 77.0 Å². The van der Waals surface area contributed by atoms with Crippen molar-refractivity contribution in [3.8, 4) is 0 Å². The van der Waals surface area contributed by atoms with E-state index in [-0.39, 0.29) is 44.4 Å². The Hall–Kier alpha value is -5.23. The van der Waals surface area contributed by atoms with Crippen molar-refractivity contribution >= 4 is 17.9 Å². The molecule has 1 unspecified atom stereocenters. The molecule has 6 nitrogen and oxygen atoms in total. The van der Waals surface area contributed by atoms with E-state index in [1.807, 2.05) is 54.7 Å². The highest BCUT2D eigenvalue weighted by atomic mass is 16.6. The summed E-state index contributed by atoms with van der Waals surface area (Å²) in [6.45, 7) is 6.15. The Balaban J connectivity index is 4.71. The number of rotatable bonds is 41. The molecule has 0 aromatic carbocycles. The first-order valence-electron chi connectivity index (χ1n) is 24.7. The Morgan fingerprint density at radius 3 is 1.06 bits per heavy atom. The van der Waals surface area contributed by atoms with Crippen molar-refractivity contribution in [1.82, 2.24) is 0 Å². The zero-order valence-corrected chi connectivity index (χ0v) is 40.7. The van der Waals surface area contributed by atoms with Crippen LogP contribution in [0.2, 0.25) is 0 Å². The van der Waals surface area contributed by atoms with Crippen LogP contribution in [-0.2, 0) is 28.6 Å². The van der Waals surface area contributed by atoms with Crippen molar-refractivity contribution in [2.75, 3.05) is 13.2 Å². The summed E-state index contributed by atoms with van der Waals surface area (Å²) in [5.41, 5.74) is 0. The molecule has 6 heteroatoms. The van der Waals surface area contributed by atoms with E-state index in [2.05, 4.69) is 136 Å². The number of allylic oxidation sites excluding steroid dienone is 28. The Bertz CT molecular complexity index is 1590. The summed E-state index contributed by atoms with van der Waals surface area (Å²) in [7, 11) is 0. The molecule has 0 N–H and O–H groups in total. The Morgan fingerprint density at radius 1 is 0.338 bits per heavy atom.